The molecule has 50 heavy (non-hydrogen) atoms. The van der Waals surface area contributed by atoms with Gasteiger partial charge in [0.05, 0.1) is 50.6 Å². The maximum absolute atomic E-state index is 9.83. The van der Waals surface area contributed by atoms with E-state index in [0.717, 1.165) is 52.2 Å². The monoisotopic (exact) mass is 637 g/mol. The second-order valence-electron chi connectivity index (χ2n) is 13.2. The fraction of sp³-hybridized carbons (Fsp3) is 0.0444. The number of aromatic nitrogens is 3. The average molecular weight is 638 g/mol. The highest BCUT2D eigenvalue weighted by Crippen LogP contribution is 2.47. The largest absolute Gasteiger partial charge is 0.308 e. The van der Waals surface area contributed by atoms with Crippen LogP contribution in [0.3, 0.4) is 0 Å². The molecular weight excluding hydrogens is 611 g/mol. The highest BCUT2D eigenvalue weighted by atomic mass is 15.1. The minimum absolute atomic E-state index is 0.604. The molecule has 6 aromatic carbocycles. The zero-order valence-corrected chi connectivity index (χ0v) is 26.9. The molecule has 1 aliphatic heterocycles. The predicted octanol–water partition coefficient (Wildman–Crippen LogP) is 10.6. The maximum Gasteiger partial charge on any atom is 0.134 e. The fourth-order valence-electron chi connectivity index (χ4n) is 8.45. The summed E-state index contributed by atoms with van der Waals surface area (Å²) in [5, 5.41) is 19.7. The SMILES string of the molecule is N#Cc1cccc(C2=NC(n3c4cc5ccccc5cc4c4c5c6ccccc6n6c7ccccc7c(cc43)c56)=CCCc3ncccc32)c1. The Morgan fingerprint density at radius 1 is 0.620 bits per heavy atom. The lowest BCUT2D eigenvalue weighted by atomic mass is 9.96. The Kier molecular flexibility index (Phi) is 5.51. The normalized spacial score (nSPS) is 13.7. The number of fused-ring (bicyclic) bond motifs is 12. The molecule has 5 heteroatoms. The molecule has 232 valence electrons. The summed E-state index contributed by atoms with van der Waals surface area (Å²) < 4.78 is 4.84. The van der Waals surface area contributed by atoms with Gasteiger partial charge >= 0.3 is 0 Å². The van der Waals surface area contributed by atoms with Gasteiger partial charge in [0.2, 0.25) is 0 Å². The number of para-hydroxylation sites is 2. The highest BCUT2D eigenvalue weighted by molar-refractivity contribution is 6.36. The summed E-state index contributed by atoms with van der Waals surface area (Å²) in [5.41, 5.74) is 10.3. The van der Waals surface area contributed by atoms with Gasteiger partial charge in [0, 0.05) is 49.6 Å². The van der Waals surface area contributed by atoms with Crippen molar-refractivity contribution >= 4 is 82.2 Å². The standard InChI is InChI=1S/C45H27N5/c46-26-27-10-7-13-30(22-27)44-32-16-9-21-47-36(32)17-8-20-41(48-44)49-39-24-29-12-2-1-11-28(29)23-35(39)42-40(49)25-34-31-14-3-5-18-37(31)50-38-19-6-4-15-33(38)43(42)45(34)50/h1-7,9-16,18-25H,8,17H2. The van der Waals surface area contributed by atoms with E-state index in [2.05, 4.69) is 118 Å². The van der Waals surface area contributed by atoms with Crippen LogP contribution in [0.15, 0.2) is 145 Å². The van der Waals surface area contributed by atoms with E-state index in [9.17, 15) is 5.26 Å². The number of nitrogens with zero attached hydrogens (tertiary/aromatic N) is 5. The van der Waals surface area contributed by atoms with Crippen LogP contribution in [0.5, 0.6) is 0 Å². The Balaban J connectivity index is 1.34. The van der Waals surface area contributed by atoms with Crippen LogP contribution in [-0.4, -0.2) is 19.7 Å². The molecule has 0 aliphatic carbocycles. The fourth-order valence-corrected chi connectivity index (χ4v) is 8.45. The maximum atomic E-state index is 9.83. The number of aliphatic imine (C=N–C) groups is 1. The second-order valence-corrected chi connectivity index (χ2v) is 13.2. The van der Waals surface area contributed by atoms with Crippen LogP contribution in [0.1, 0.15) is 28.8 Å². The molecule has 0 saturated carbocycles. The molecule has 4 aromatic heterocycles. The predicted molar refractivity (Wildman–Crippen MR) is 205 cm³/mol. The minimum Gasteiger partial charge on any atom is -0.308 e. The average Bonchev–Trinajstić information content (AvgIpc) is 3.78. The van der Waals surface area contributed by atoms with Crippen LogP contribution in [-0.2, 0) is 6.42 Å². The van der Waals surface area contributed by atoms with Gasteiger partial charge in [-0.05, 0) is 84.3 Å². The Bertz CT molecular complexity index is 3160. The van der Waals surface area contributed by atoms with Crippen LogP contribution >= 0.6 is 0 Å². The van der Waals surface area contributed by atoms with Crippen molar-refractivity contribution in [3.8, 4) is 6.07 Å². The topological polar surface area (TPSA) is 58.4 Å². The first-order valence-electron chi connectivity index (χ1n) is 17.0. The van der Waals surface area contributed by atoms with E-state index in [-0.39, 0.29) is 0 Å². The number of nitriles is 1. The van der Waals surface area contributed by atoms with Gasteiger partial charge in [-0.2, -0.15) is 5.26 Å². The Morgan fingerprint density at radius 2 is 1.40 bits per heavy atom. The third-order valence-corrected chi connectivity index (χ3v) is 10.5. The molecule has 0 fully saturated rings. The van der Waals surface area contributed by atoms with E-state index in [1.165, 1.54) is 59.6 Å². The van der Waals surface area contributed by atoms with E-state index in [0.29, 0.717) is 5.56 Å². The Morgan fingerprint density at radius 3 is 2.26 bits per heavy atom. The second kappa shape index (κ2) is 10.1. The molecule has 0 N–H and O–H groups in total. The van der Waals surface area contributed by atoms with Crippen LogP contribution < -0.4 is 0 Å². The number of pyridine rings is 1. The van der Waals surface area contributed by atoms with E-state index in [1.54, 1.807) is 0 Å². The molecule has 11 rings (SSSR count). The zero-order chi connectivity index (χ0) is 32.9. The summed E-state index contributed by atoms with van der Waals surface area (Å²) in [6.45, 7) is 0. The summed E-state index contributed by atoms with van der Waals surface area (Å²) in [6.07, 6.45) is 5.70. The number of allylic oxidation sites excluding steroid dienone is 1. The molecule has 0 bridgehead atoms. The number of aryl methyl sites for hydroxylation is 1. The summed E-state index contributed by atoms with van der Waals surface area (Å²) in [4.78, 5) is 10.4. The van der Waals surface area contributed by atoms with Crippen molar-refractivity contribution in [2.75, 3.05) is 0 Å². The number of hydrogen-bond donors (Lipinski definition) is 0. The van der Waals surface area contributed by atoms with Crippen molar-refractivity contribution in [1.82, 2.24) is 14.0 Å². The van der Waals surface area contributed by atoms with E-state index >= 15 is 0 Å². The molecule has 0 spiro atoms. The van der Waals surface area contributed by atoms with Gasteiger partial charge in [0.1, 0.15) is 5.82 Å². The number of hydrogen-bond acceptors (Lipinski definition) is 3. The highest BCUT2D eigenvalue weighted by Gasteiger charge is 2.26. The lowest BCUT2D eigenvalue weighted by Gasteiger charge is -2.17. The first-order chi connectivity index (χ1) is 24.8. The lowest BCUT2D eigenvalue weighted by Crippen LogP contribution is -2.12. The van der Waals surface area contributed by atoms with Crippen LogP contribution in [0.2, 0.25) is 0 Å². The first kappa shape index (κ1) is 27.2. The molecule has 0 atom stereocenters. The third-order valence-electron chi connectivity index (χ3n) is 10.5. The van der Waals surface area contributed by atoms with Crippen molar-refractivity contribution in [2.24, 2.45) is 4.99 Å². The van der Waals surface area contributed by atoms with Gasteiger partial charge in [-0.3, -0.25) is 9.55 Å². The summed E-state index contributed by atoms with van der Waals surface area (Å²) >= 11 is 0. The third kappa shape index (κ3) is 3.65. The Labute approximate surface area is 286 Å². The van der Waals surface area contributed by atoms with Crippen molar-refractivity contribution < 1.29 is 0 Å². The van der Waals surface area contributed by atoms with E-state index in [4.69, 9.17) is 9.98 Å². The molecule has 1 aliphatic rings. The quantitative estimate of drug-likeness (QED) is 0.189. The van der Waals surface area contributed by atoms with Gasteiger partial charge in [-0.1, -0.05) is 72.8 Å². The van der Waals surface area contributed by atoms with E-state index in [1.807, 2.05) is 36.5 Å². The van der Waals surface area contributed by atoms with Crippen LogP contribution in [0.4, 0.5) is 0 Å². The van der Waals surface area contributed by atoms with Gasteiger partial charge < -0.3 is 4.40 Å². The molecule has 0 saturated heterocycles. The summed E-state index contributed by atoms with van der Waals surface area (Å²) in [7, 11) is 0. The van der Waals surface area contributed by atoms with Crippen molar-refractivity contribution in [3.63, 3.8) is 0 Å². The van der Waals surface area contributed by atoms with Crippen molar-refractivity contribution in [1.29, 1.82) is 5.26 Å². The molecule has 10 aromatic rings. The first-order valence-corrected chi connectivity index (χ1v) is 17.0. The van der Waals surface area contributed by atoms with E-state index < -0.39 is 0 Å². The Hall–Kier alpha value is -6.77. The number of rotatable bonds is 2. The molecule has 5 heterocycles. The van der Waals surface area contributed by atoms with Gasteiger partial charge in [0.15, 0.2) is 0 Å². The van der Waals surface area contributed by atoms with Crippen LogP contribution in [0.25, 0.3) is 76.5 Å². The smallest absolute Gasteiger partial charge is 0.134 e. The molecule has 0 radical (unpaired) electrons. The summed E-state index contributed by atoms with van der Waals surface area (Å²) in [6, 6.07) is 47.5. The molecule has 0 amide bonds. The number of benzene rings is 6. The molecular formula is C45H27N5. The molecule has 5 nitrogen and oxygen atoms in total. The minimum atomic E-state index is 0.604. The van der Waals surface area contributed by atoms with Crippen molar-refractivity contribution in [2.45, 2.75) is 12.8 Å². The van der Waals surface area contributed by atoms with Crippen molar-refractivity contribution in [3.05, 3.63) is 162 Å². The van der Waals surface area contributed by atoms with Gasteiger partial charge in [-0.25, -0.2) is 4.99 Å². The molecule has 0 unspecified atom stereocenters. The van der Waals surface area contributed by atoms with Gasteiger partial charge in [0.25, 0.3) is 0 Å². The lowest BCUT2D eigenvalue weighted by molar-refractivity contribution is 0.927. The zero-order valence-electron chi connectivity index (χ0n) is 26.9. The summed E-state index contributed by atoms with van der Waals surface area (Å²) in [5.74, 6) is 0.869. The van der Waals surface area contributed by atoms with Crippen LogP contribution in [0, 0.1) is 11.3 Å². The van der Waals surface area contributed by atoms with Gasteiger partial charge in [-0.15, -0.1) is 0 Å².